The molecule has 6 aliphatic heterocycles. The van der Waals surface area contributed by atoms with Crippen molar-refractivity contribution in [3.8, 4) is 11.5 Å². The van der Waals surface area contributed by atoms with Crippen molar-refractivity contribution in [2.24, 2.45) is 0 Å². The lowest BCUT2D eigenvalue weighted by atomic mass is 10.00. The smallest absolute Gasteiger partial charge is 0.416 e. The predicted molar refractivity (Wildman–Crippen MR) is 307 cm³/mol. The number of anilines is 3. The van der Waals surface area contributed by atoms with Crippen molar-refractivity contribution >= 4 is 59.1 Å². The molecule has 0 spiro atoms. The number of carbonyl (C=O) groups is 6. The van der Waals surface area contributed by atoms with Crippen LogP contribution in [0, 0.1) is 20.8 Å². The van der Waals surface area contributed by atoms with E-state index in [2.05, 4.69) is 18.5 Å². The Balaban J connectivity index is 0.000000234. The number of carboxylic acids is 1. The summed E-state index contributed by atoms with van der Waals surface area (Å²) >= 11 is 0. The molecule has 6 heterocycles. The standard InChI is InChI=1S/C34H43N3O7.C27H36N2O8.CO2/c1-4-18-43-34(40)37-28-22-29(41-20-9-11-30(38)35-25-15-13-23(2)14-16-25)24(3)21-26(28)32(39)36-17-7-5-10-27(36)33(37)44-31-12-6-8-19-42-31;1-3-13-36-27(33)29-21-17-22(34-15-8-10-23(30)31)18(2)16-19(21)25(32)28-12-6-4-9-20(28)26(29)37-24-11-5-7-14-35-24;2-1-3/h4,13-16,21-22,27,31,33H,1,5-12,17-20H2,2-3H3,(H,35,38);3,16-17,20,24,26H,1,4-15H2,2H3,(H,30,31);/t27-,31?,33?;20-,24?,26?;/m00./s1. The molecule has 22 nitrogen and oxygen atoms in total. The molecule has 22 heteroatoms. The number of aliphatic carboxylic acids is 1. The normalized spacial score (nSPS) is 21.7. The van der Waals surface area contributed by atoms with Gasteiger partial charge in [0.2, 0.25) is 5.91 Å². The van der Waals surface area contributed by atoms with Crippen LogP contribution in [-0.4, -0.2) is 147 Å². The van der Waals surface area contributed by atoms with E-state index in [9.17, 15) is 28.8 Å². The SMILES string of the molecule is C=CCOC(=O)N1c2cc(OCCCC(=O)Nc3ccc(C)cc3)c(C)cc2C(=O)N2CCCC[C@H]2C1OC1CCCCO1.C=CCOC(=O)N1c2cc(OCCCC(=O)O)c(C)cc2C(=O)N2CCCC[C@H]2C1OC1CCCCO1.O=C=O. The summed E-state index contributed by atoms with van der Waals surface area (Å²) < 4.78 is 47.9. The zero-order valence-electron chi connectivity index (χ0n) is 48.4. The van der Waals surface area contributed by atoms with Crippen molar-refractivity contribution in [2.75, 3.05) is 67.8 Å². The number of benzene rings is 3. The molecule has 0 saturated carbocycles. The third-order valence-corrected chi connectivity index (χ3v) is 15.2. The summed E-state index contributed by atoms with van der Waals surface area (Å²) in [4.78, 5) is 101. The van der Waals surface area contributed by atoms with Crippen LogP contribution < -0.4 is 24.6 Å². The van der Waals surface area contributed by atoms with Crippen LogP contribution >= 0.6 is 0 Å². The van der Waals surface area contributed by atoms with E-state index in [-0.39, 0.29) is 75.2 Å². The highest BCUT2D eigenvalue weighted by Crippen LogP contribution is 2.42. The van der Waals surface area contributed by atoms with E-state index in [1.165, 1.54) is 22.0 Å². The first-order valence-corrected chi connectivity index (χ1v) is 29.1. The topological polar surface area (TPSA) is 256 Å². The van der Waals surface area contributed by atoms with E-state index in [4.69, 9.17) is 52.6 Å². The van der Waals surface area contributed by atoms with Gasteiger partial charge >= 0.3 is 24.3 Å². The van der Waals surface area contributed by atoms with Crippen LogP contribution in [0.1, 0.15) is 140 Å². The number of aryl methyl sites for hydroxylation is 3. The maximum atomic E-state index is 14.0. The van der Waals surface area contributed by atoms with Gasteiger partial charge in [-0.25, -0.2) is 19.4 Å². The van der Waals surface area contributed by atoms with Crippen LogP contribution in [0.25, 0.3) is 0 Å². The largest absolute Gasteiger partial charge is 0.493 e. The second kappa shape index (κ2) is 31.9. The lowest BCUT2D eigenvalue weighted by molar-refractivity contribution is -0.199. The average molecular weight is 1170 g/mol. The Morgan fingerprint density at radius 2 is 1.08 bits per heavy atom. The lowest BCUT2D eigenvalue weighted by Gasteiger charge is -2.42. The van der Waals surface area contributed by atoms with Gasteiger partial charge in [-0.3, -0.25) is 19.2 Å². The van der Waals surface area contributed by atoms with Crippen LogP contribution in [0.15, 0.2) is 73.8 Å². The van der Waals surface area contributed by atoms with Crippen LogP contribution in [-0.2, 0) is 47.6 Å². The van der Waals surface area contributed by atoms with Gasteiger partial charge in [-0.2, -0.15) is 9.59 Å². The summed E-state index contributed by atoms with van der Waals surface area (Å²) in [7, 11) is 0. The van der Waals surface area contributed by atoms with E-state index in [1.807, 2.05) is 54.8 Å². The van der Waals surface area contributed by atoms with Gasteiger partial charge in [0.25, 0.3) is 11.8 Å². The number of carboxylic acid groups (broad SMARTS) is 1. The number of nitrogens with one attached hydrogen (secondary N) is 1. The Labute approximate surface area is 490 Å². The summed E-state index contributed by atoms with van der Waals surface area (Å²) in [6.07, 6.45) is 10.6. The van der Waals surface area contributed by atoms with Gasteiger partial charge < -0.3 is 58.1 Å². The van der Waals surface area contributed by atoms with Gasteiger partial charge in [0, 0.05) is 57.0 Å². The third kappa shape index (κ3) is 16.8. The van der Waals surface area contributed by atoms with Crippen molar-refractivity contribution < 1.29 is 81.4 Å². The quantitative estimate of drug-likeness (QED) is 0.0836. The first-order valence-electron chi connectivity index (χ1n) is 29.1. The average Bonchev–Trinajstić information content (AvgIpc) is 3.01. The molecule has 84 heavy (non-hydrogen) atoms. The molecule has 6 atom stereocenters. The molecule has 3 aromatic rings. The zero-order valence-corrected chi connectivity index (χ0v) is 48.4. The highest BCUT2D eigenvalue weighted by Gasteiger charge is 2.48. The summed E-state index contributed by atoms with van der Waals surface area (Å²) in [6.45, 7) is 15.8. The first kappa shape index (κ1) is 64.0. The second-order valence-electron chi connectivity index (χ2n) is 21.3. The number of hydrogen-bond donors (Lipinski definition) is 2. The van der Waals surface area contributed by atoms with Crippen LogP contribution in [0.2, 0.25) is 0 Å². The highest BCUT2D eigenvalue weighted by atomic mass is 16.7. The summed E-state index contributed by atoms with van der Waals surface area (Å²) in [5.41, 5.74) is 4.82. The molecule has 9 rings (SSSR count). The van der Waals surface area contributed by atoms with Crippen LogP contribution in [0.5, 0.6) is 11.5 Å². The molecule has 4 fully saturated rings. The van der Waals surface area contributed by atoms with E-state index in [0.29, 0.717) is 104 Å². The molecule has 0 radical (unpaired) electrons. The number of hydrogen-bond acceptors (Lipinski definition) is 16. The van der Waals surface area contributed by atoms with Crippen molar-refractivity contribution in [1.82, 2.24) is 9.80 Å². The van der Waals surface area contributed by atoms with Crippen molar-refractivity contribution in [3.63, 3.8) is 0 Å². The molecule has 0 aliphatic carbocycles. The molecule has 3 aromatic carbocycles. The lowest BCUT2D eigenvalue weighted by Crippen LogP contribution is -2.57. The van der Waals surface area contributed by atoms with Gasteiger partial charge in [0.15, 0.2) is 25.0 Å². The molecule has 0 aromatic heterocycles. The minimum atomic E-state index is -0.898. The second-order valence-corrected chi connectivity index (χ2v) is 21.3. The fraction of sp³-hybridized carbons (Fsp3) is 0.532. The molecule has 0 bridgehead atoms. The zero-order chi connectivity index (χ0) is 60.1. The van der Waals surface area contributed by atoms with E-state index in [0.717, 1.165) is 68.2 Å². The van der Waals surface area contributed by atoms with Gasteiger partial charge in [0.1, 0.15) is 24.7 Å². The number of rotatable bonds is 19. The minimum absolute atomic E-state index is 0.00402. The Kier molecular flexibility index (Phi) is 24.3. The van der Waals surface area contributed by atoms with Crippen molar-refractivity contribution in [2.45, 2.75) is 161 Å². The molecule has 5 amide bonds. The molecular weight excluding hydrogens is 1090 g/mol. The monoisotopic (exact) mass is 1170 g/mol. The number of fused-ring (bicyclic) bond motifs is 4. The number of carbonyl (C=O) groups excluding carboxylic acids is 7. The van der Waals surface area contributed by atoms with Crippen molar-refractivity contribution in [1.29, 1.82) is 0 Å². The van der Waals surface area contributed by atoms with Gasteiger partial charge in [-0.15, -0.1) is 0 Å². The maximum absolute atomic E-state index is 14.0. The molecule has 4 saturated heterocycles. The summed E-state index contributed by atoms with van der Waals surface area (Å²) in [5, 5.41) is 11.8. The van der Waals surface area contributed by atoms with Gasteiger partial charge in [-0.1, -0.05) is 43.0 Å². The minimum Gasteiger partial charge on any atom is -0.493 e. The molecule has 454 valence electrons. The third-order valence-electron chi connectivity index (χ3n) is 15.2. The molecule has 4 unspecified atom stereocenters. The van der Waals surface area contributed by atoms with E-state index >= 15 is 0 Å². The van der Waals surface area contributed by atoms with Crippen LogP contribution in [0.3, 0.4) is 0 Å². The first-order chi connectivity index (χ1) is 40.7. The molecular formula is C62H79N5O17. The summed E-state index contributed by atoms with van der Waals surface area (Å²) in [6, 6.07) is 13.8. The van der Waals surface area contributed by atoms with Gasteiger partial charge in [-0.05, 0) is 146 Å². The predicted octanol–water partition coefficient (Wildman–Crippen LogP) is 9.77. The number of amides is 5. The summed E-state index contributed by atoms with van der Waals surface area (Å²) in [5.74, 6) is -0.331. The number of ether oxygens (including phenoxy) is 8. The Bertz CT molecular complexity index is 2810. The molecule has 6 aliphatic rings. The Morgan fingerprint density at radius 1 is 0.643 bits per heavy atom. The fourth-order valence-electron chi connectivity index (χ4n) is 11.1. The number of nitrogens with zero attached hydrogens (tertiary/aromatic N) is 4. The van der Waals surface area contributed by atoms with Crippen LogP contribution in [0.4, 0.5) is 26.7 Å². The Hall–Kier alpha value is -7.62. The molecule has 2 N–H and O–H groups in total. The van der Waals surface area contributed by atoms with E-state index in [1.54, 1.807) is 24.3 Å². The van der Waals surface area contributed by atoms with E-state index < -0.39 is 43.2 Å². The Morgan fingerprint density at radius 3 is 1.50 bits per heavy atom. The highest BCUT2D eigenvalue weighted by molar-refractivity contribution is 6.07. The van der Waals surface area contributed by atoms with Crippen molar-refractivity contribution in [3.05, 3.63) is 102 Å². The maximum Gasteiger partial charge on any atom is 0.416 e. The fourth-order valence-corrected chi connectivity index (χ4v) is 11.1. The van der Waals surface area contributed by atoms with Gasteiger partial charge in [0.05, 0.1) is 47.8 Å². The number of piperidine rings is 2.